The number of hydrogen-bond acceptors (Lipinski definition) is 4. The quantitative estimate of drug-likeness (QED) is 0.526. The van der Waals surface area contributed by atoms with E-state index in [1.165, 1.54) is 38.5 Å². The molecule has 2 aromatic carbocycles. The monoisotopic (exact) mass is 474 g/mol. The van der Waals surface area contributed by atoms with Gasteiger partial charge in [0.15, 0.2) is 23.1 Å². The first-order valence-corrected chi connectivity index (χ1v) is 11.5. The van der Waals surface area contributed by atoms with Crippen LogP contribution in [0.25, 0.3) is 0 Å². The van der Waals surface area contributed by atoms with Crippen molar-refractivity contribution in [1.29, 1.82) is 0 Å². The molecule has 3 rings (SSSR count). The van der Waals surface area contributed by atoms with Crippen LogP contribution in [0.1, 0.15) is 56.1 Å². The van der Waals surface area contributed by atoms with Crippen molar-refractivity contribution >= 4 is 11.8 Å². The summed E-state index contributed by atoms with van der Waals surface area (Å²) in [5.74, 6) is -0.983. The number of carbonyl (C=O) groups is 2. The van der Waals surface area contributed by atoms with Crippen molar-refractivity contribution in [2.75, 3.05) is 14.2 Å². The van der Waals surface area contributed by atoms with E-state index in [4.69, 9.17) is 9.47 Å². The van der Waals surface area contributed by atoms with E-state index in [1.54, 1.807) is 12.1 Å². The zero-order valence-corrected chi connectivity index (χ0v) is 19.7. The van der Waals surface area contributed by atoms with E-state index in [1.807, 2.05) is 0 Å². The molecule has 2 N–H and O–H groups in total. The van der Waals surface area contributed by atoms with Crippen LogP contribution in [0.4, 0.5) is 8.78 Å². The minimum atomic E-state index is -0.480. The highest BCUT2D eigenvalue weighted by Crippen LogP contribution is 2.42. The molecule has 0 unspecified atom stereocenters. The number of benzene rings is 2. The normalized spacial score (nSPS) is 14.8. The Hall–Kier alpha value is -3.16. The first-order valence-electron chi connectivity index (χ1n) is 11.5. The summed E-state index contributed by atoms with van der Waals surface area (Å²) in [5, 5.41) is 5.70. The lowest BCUT2D eigenvalue weighted by Crippen LogP contribution is -2.37. The molecule has 0 aromatic heterocycles. The molecule has 1 aliphatic rings. The molecule has 0 atom stereocenters. The van der Waals surface area contributed by atoms with E-state index >= 15 is 0 Å². The van der Waals surface area contributed by atoms with Crippen molar-refractivity contribution in [3.05, 3.63) is 59.2 Å². The standard InChI is InChI=1S/C26H32F2N2O4/c1-33-22-8-6-18(12-20(22)27)16-29-24(31)14-26(10-4-3-5-11-26)15-25(32)30-17-19-7-9-23(34-2)21(28)13-19/h6-9,12-13H,3-5,10-11,14-17H2,1-2H3,(H,29,31)(H,30,32). The number of amides is 2. The van der Waals surface area contributed by atoms with Crippen molar-refractivity contribution < 1.29 is 27.8 Å². The molecule has 6 nitrogen and oxygen atoms in total. The summed E-state index contributed by atoms with van der Waals surface area (Å²) in [7, 11) is 2.80. The number of nitrogens with one attached hydrogen (secondary N) is 2. The van der Waals surface area contributed by atoms with Gasteiger partial charge in [-0.05, 0) is 53.6 Å². The highest BCUT2D eigenvalue weighted by atomic mass is 19.1. The fraction of sp³-hybridized carbons (Fsp3) is 0.462. The lowest BCUT2D eigenvalue weighted by molar-refractivity contribution is -0.128. The Bertz CT molecular complexity index is 933. The van der Waals surface area contributed by atoms with Gasteiger partial charge in [0, 0.05) is 25.9 Å². The van der Waals surface area contributed by atoms with E-state index < -0.39 is 17.0 Å². The molecule has 0 radical (unpaired) electrons. The maximum Gasteiger partial charge on any atom is 0.220 e. The van der Waals surface area contributed by atoms with E-state index in [2.05, 4.69) is 10.6 Å². The Balaban J connectivity index is 1.55. The minimum Gasteiger partial charge on any atom is -0.494 e. The number of hydrogen-bond donors (Lipinski definition) is 2. The second-order valence-corrected chi connectivity index (χ2v) is 8.91. The molecule has 0 spiro atoms. The molecule has 0 heterocycles. The zero-order valence-electron chi connectivity index (χ0n) is 19.7. The van der Waals surface area contributed by atoms with Gasteiger partial charge >= 0.3 is 0 Å². The lowest BCUT2D eigenvalue weighted by atomic mass is 9.69. The highest BCUT2D eigenvalue weighted by Gasteiger charge is 2.36. The third kappa shape index (κ3) is 6.92. The van der Waals surface area contributed by atoms with E-state index in [0.29, 0.717) is 11.1 Å². The summed E-state index contributed by atoms with van der Waals surface area (Å²) in [6.07, 6.45) is 5.07. The molecule has 1 saturated carbocycles. The van der Waals surface area contributed by atoms with Crippen molar-refractivity contribution in [2.45, 2.75) is 58.0 Å². The molecule has 34 heavy (non-hydrogen) atoms. The Morgan fingerprint density at radius 1 is 0.794 bits per heavy atom. The van der Waals surface area contributed by atoms with Gasteiger partial charge in [-0.1, -0.05) is 31.4 Å². The second-order valence-electron chi connectivity index (χ2n) is 8.91. The second kappa shape index (κ2) is 11.8. The van der Waals surface area contributed by atoms with Crippen LogP contribution < -0.4 is 20.1 Å². The van der Waals surface area contributed by atoms with Crippen LogP contribution >= 0.6 is 0 Å². The van der Waals surface area contributed by atoms with Crippen molar-refractivity contribution in [2.24, 2.45) is 5.41 Å². The Morgan fingerprint density at radius 2 is 1.24 bits per heavy atom. The first-order chi connectivity index (χ1) is 16.3. The van der Waals surface area contributed by atoms with Gasteiger partial charge in [-0.2, -0.15) is 0 Å². The van der Waals surface area contributed by atoms with Crippen molar-refractivity contribution in [1.82, 2.24) is 10.6 Å². The molecular formula is C26H32F2N2O4. The molecule has 1 fully saturated rings. The van der Waals surface area contributed by atoms with Gasteiger partial charge in [-0.3, -0.25) is 9.59 Å². The van der Waals surface area contributed by atoms with Crippen molar-refractivity contribution in [3.8, 4) is 11.5 Å². The topological polar surface area (TPSA) is 76.7 Å². The van der Waals surface area contributed by atoms with Gasteiger partial charge in [0.25, 0.3) is 0 Å². The third-order valence-electron chi connectivity index (χ3n) is 6.40. The van der Waals surface area contributed by atoms with Crippen LogP contribution in [0.5, 0.6) is 11.5 Å². The average molecular weight is 475 g/mol. The van der Waals surface area contributed by atoms with Crippen molar-refractivity contribution in [3.63, 3.8) is 0 Å². The molecule has 2 amide bonds. The van der Waals surface area contributed by atoms with Gasteiger partial charge in [-0.25, -0.2) is 8.78 Å². The molecule has 184 valence electrons. The summed E-state index contributed by atoms with van der Waals surface area (Å²) in [4.78, 5) is 25.5. The predicted molar refractivity (Wildman–Crippen MR) is 124 cm³/mol. The van der Waals surface area contributed by atoms with Crippen LogP contribution in [-0.2, 0) is 22.7 Å². The molecule has 0 saturated heterocycles. The van der Waals surface area contributed by atoms with E-state index in [0.717, 1.165) is 32.1 Å². The fourth-order valence-corrected chi connectivity index (χ4v) is 4.57. The Morgan fingerprint density at radius 3 is 1.62 bits per heavy atom. The smallest absolute Gasteiger partial charge is 0.220 e. The first kappa shape index (κ1) is 25.5. The molecule has 0 aliphatic heterocycles. The maximum atomic E-state index is 13.9. The summed E-state index contributed by atoms with van der Waals surface area (Å²) in [5.41, 5.74) is 0.852. The lowest BCUT2D eigenvalue weighted by Gasteiger charge is -2.36. The van der Waals surface area contributed by atoms with Gasteiger partial charge in [-0.15, -0.1) is 0 Å². The Kier molecular flexibility index (Phi) is 8.85. The molecule has 2 aromatic rings. The van der Waals surface area contributed by atoms with Gasteiger partial charge < -0.3 is 20.1 Å². The summed E-state index contributed by atoms with van der Waals surface area (Å²) in [6.45, 7) is 0.399. The predicted octanol–water partition coefficient (Wildman–Crippen LogP) is 4.65. The summed E-state index contributed by atoms with van der Waals surface area (Å²) < 4.78 is 37.6. The summed E-state index contributed by atoms with van der Waals surface area (Å²) in [6, 6.07) is 9.13. The highest BCUT2D eigenvalue weighted by molar-refractivity contribution is 5.80. The number of halogens is 2. The van der Waals surface area contributed by atoms with Crippen LogP contribution in [0.2, 0.25) is 0 Å². The number of rotatable bonds is 10. The fourth-order valence-electron chi connectivity index (χ4n) is 4.57. The summed E-state index contributed by atoms with van der Waals surface area (Å²) >= 11 is 0. The average Bonchev–Trinajstić information content (AvgIpc) is 2.82. The van der Waals surface area contributed by atoms with E-state index in [9.17, 15) is 18.4 Å². The van der Waals surface area contributed by atoms with Gasteiger partial charge in [0.05, 0.1) is 14.2 Å². The van der Waals surface area contributed by atoms with Crippen LogP contribution in [0.15, 0.2) is 36.4 Å². The molecule has 8 heteroatoms. The molecule has 0 bridgehead atoms. The Labute approximate surface area is 199 Å². The SMILES string of the molecule is COc1ccc(CNC(=O)CC2(CC(=O)NCc3ccc(OC)c(F)c3)CCCCC2)cc1F. The van der Waals surface area contributed by atoms with Gasteiger partial charge in [0.2, 0.25) is 11.8 Å². The number of methoxy groups -OCH3 is 2. The largest absolute Gasteiger partial charge is 0.494 e. The molecule has 1 aliphatic carbocycles. The number of carbonyl (C=O) groups excluding carboxylic acids is 2. The zero-order chi connectivity index (χ0) is 24.6. The van der Waals surface area contributed by atoms with Crippen LogP contribution in [0, 0.1) is 17.0 Å². The van der Waals surface area contributed by atoms with Crippen LogP contribution in [-0.4, -0.2) is 26.0 Å². The van der Waals surface area contributed by atoms with E-state index in [-0.39, 0.29) is 49.2 Å². The minimum absolute atomic E-state index is 0.152. The molecular weight excluding hydrogens is 442 g/mol. The number of ether oxygens (including phenoxy) is 2. The third-order valence-corrected chi connectivity index (χ3v) is 6.40. The maximum absolute atomic E-state index is 13.9. The van der Waals surface area contributed by atoms with Gasteiger partial charge in [0.1, 0.15) is 0 Å². The van der Waals surface area contributed by atoms with Crippen LogP contribution in [0.3, 0.4) is 0 Å².